The van der Waals surface area contributed by atoms with Crippen LogP contribution in [0.2, 0.25) is 0 Å². The summed E-state index contributed by atoms with van der Waals surface area (Å²) in [6.45, 7) is 3.51. The molecule has 1 aliphatic rings. The summed E-state index contributed by atoms with van der Waals surface area (Å²) in [7, 11) is 4.07. The van der Waals surface area contributed by atoms with Crippen molar-refractivity contribution >= 4 is 11.6 Å². The molecule has 0 aromatic carbocycles. The summed E-state index contributed by atoms with van der Waals surface area (Å²) in [5, 5.41) is 0. The Morgan fingerprint density at radius 1 is 1.35 bits per heavy atom. The van der Waals surface area contributed by atoms with Crippen LogP contribution in [0.25, 0.3) is 0 Å². The maximum absolute atomic E-state index is 12.5. The van der Waals surface area contributed by atoms with Gasteiger partial charge < -0.3 is 9.80 Å². The summed E-state index contributed by atoms with van der Waals surface area (Å²) in [5.74, 6) is 0.357. The molecular weight excluding hydrogens is 288 g/mol. The zero-order valence-electron chi connectivity index (χ0n) is 13.9. The SMILES string of the molecule is Cc1cc(N(C)C)cc(C2CCN(C(=O)c3cccnc3)C2)n1. The zero-order chi connectivity index (χ0) is 16.4. The van der Waals surface area contributed by atoms with E-state index in [1.165, 1.54) is 0 Å². The third-order valence-corrected chi connectivity index (χ3v) is 4.28. The van der Waals surface area contributed by atoms with E-state index in [4.69, 9.17) is 0 Å². The lowest BCUT2D eigenvalue weighted by molar-refractivity contribution is 0.0790. The minimum absolute atomic E-state index is 0.0566. The van der Waals surface area contributed by atoms with E-state index in [0.29, 0.717) is 11.5 Å². The van der Waals surface area contributed by atoms with Crippen LogP contribution in [0.5, 0.6) is 0 Å². The fourth-order valence-corrected chi connectivity index (χ4v) is 3.00. The number of carbonyl (C=O) groups excluding carboxylic acids is 1. The van der Waals surface area contributed by atoms with E-state index in [1.807, 2.05) is 32.0 Å². The summed E-state index contributed by atoms with van der Waals surface area (Å²) in [6.07, 6.45) is 4.27. The highest BCUT2D eigenvalue weighted by Gasteiger charge is 2.29. The molecule has 2 aromatic rings. The van der Waals surface area contributed by atoms with Crippen LogP contribution in [-0.4, -0.2) is 48.0 Å². The van der Waals surface area contributed by atoms with Gasteiger partial charge in [-0.05, 0) is 37.6 Å². The maximum Gasteiger partial charge on any atom is 0.255 e. The standard InChI is InChI=1S/C18H22N4O/c1-13-9-16(21(2)3)10-17(20-13)15-6-8-22(12-15)18(23)14-5-4-7-19-11-14/h4-5,7,9-11,15H,6,8,12H2,1-3H3. The van der Waals surface area contributed by atoms with Gasteiger partial charge in [-0.15, -0.1) is 0 Å². The largest absolute Gasteiger partial charge is 0.378 e. The fraction of sp³-hybridized carbons (Fsp3) is 0.389. The summed E-state index contributed by atoms with van der Waals surface area (Å²) < 4.78 is 0. The molecule has 1 fully saturated rings. The van der Waals surface area contributed by atoms with Crippen molar-refractivity contribution in [2.24, 2.45) is 0 Å². The topological polar surface area (TPSA) is 49.3 Å². The Hall–Kier alpha value is -2.43. The minimum atomic E-state index is 0.0566. The summed E-state index contributed by atoms with van der Waals surface area (Å²) in [5.41, 5.74) is 3.90. The number of likely N-dealkylation sites (tertiary alicyclic amines) is 1. The molecule has 1 aliphatic heterocycles. The molecule has 5 heteroatoms. The molecule has 0 saturated carbocycles. The van der Waals surface area contributed by atoms with Crippen molar-refractivity contribution in [3.63, 3.8) is 0 Å². The number of hydrogen-bond donors (Lipinski definition) is 0. The van der Waals surface area contributed by atoms with E-state index in [2.05, 4.69) is 27.0 Å². The average molecular weight is 310 g/mol. The molecule has 120 valence electrons. The number of pyridine rings is 2. The van der Waals surface area contributed by atoms with Crippen molar-refractivity contribution < 1.29 is 4.79 Å². The first kappa shape index (κ1) is 15.5. The van der Waals surface area contributed by atoms with Crippen LogP contribution < -0.4 is 4.90 Å². The van der Waals surface area contributed by atoms with Crippen molar-refractivity contribution in [2.45, 2.75) is 19.3 Å². The molecule has 3 rings (SSSR count). The first-order valence-corrected chi connectivity index (χ1v) is 7.90. The van der Waals surface area contributed by atoms with E-state index in [0.717, 1.165) is 36.6 Å². The normalized spacial score (nSPS) is 17.3. The third-order valence-electron chi connectivity index (χ3n) is 4.28. The van der Waals surface area contributed by atoms with Crippen molar-refractivity contribution in [1.29, 1.82) is 0 Å². The van der Waals surface area contributed by atoms with Gasteiger partial charge in [-0.2, -0.15) is 0 Å². The summed E-state index contributed by atoms with van der Waals surface area (Å²) >= 11 is 0. The van der Waals surface area contributed by atoms with Crippen LogP contribution in [-0.2, 0) is 0 Å². The molecule has 1 saturated heterocycles. The van der Waals surface area contributed by atoms with Gasteiger partial charge in [0, 0.05) is 62.6 Å². The van der Waals surface area contributed by atoms with Gasteiger partial charge in [-0.3, -0.25) is 14.8 Å². The molecular formula is C18H22N4O. The van der Waals surface area contributed by atoms with Gasteiger partial charge in [0.2, 0.25) is 0 Å². The number of hydrogen-bond acceptors (Lipinski definition) is 4. The second-order valence-electron chi connectivity index (χ2n) is 6.26. The minimum Gasteiger partial charge on any atom is -0.378 e. The van der Waals surface area contributed by atoms with E-state index in [9.17, 15) is 4.79 Å². The number of nitrogens with zero attached hydrogens (tertiary/aromatic N) is 4. The molecule has 0 bridgehead atoms. The number of rotatable bonds is 3. The number of anilines is 1. The summed E-state index contributed by atoms with van der Waals surface area (Å²) in [4.78, 5) is 25.2. The van der Waals surface area contributed by atoms with Crippen LogP contribution in [0.1, 0.15) is 34.1 Å². The lowest BCUT2D eigenvalue weighted by atomic mass is 10.0. The van der Waals surface area contributed by atoms with Gasteiger partial charge in [-0.1, -0.05) is 0 Å². The Morgan fingerprint density at radius 3 is 2.87 bits per heavy atom. The molecule has 0 aliphatic carbocycles. The van der Waals surface area contributed by atoms with Gasteiger partial charge in [0.15, 0.2) is 0 Å². The predicted octanol–water partition coefficient (Wildman–Crippen LogP) is 2.48. The second-order valence-corrected chi connectivity index (χ2v) is 6.26. The van der Waals surface area contributed by atoms with Crippen molar-refractivity contribution in [1.82, 2.24) is 14.9 Å². The first-order chi connectivity index (χ1) is 11.0. The lowest BCUT2D eigenvalue weighted by Gasteiger charge is -2.18. The molecule has 0 radical (unpaired) electrons. The van der Waals surface area contributed by atoms with E-state index in [1.54, 1.807) is 18.5 Å². The third kappa shape index (κ3) is 3.33. The molecule has 5 nitrogen and oxygen atoms in total. The molecule has 3 heterocycles. The zero-order valence-corrected chi connectivity index (χ0v) is 13.9. The Morgan fingerprint density at radius 2 is 2.17 bits per heavy atom. The highest BCUT2D eigenvalue weighted by molar-refractivity contribution is 5.94. The smallest absolute Gasteiger partial charge is 0.255 e. The van der Waals surface area contributed by atoms with E-state index >= 15 is 0 Å². The summed E-state index contributed by atoms with van der Waals surface area (Å²) in [6, 6.07) is 7.83. The van der Waals surface area contributed by atoms with Crippen molar-refractivity contribution in [3.05, 3.63) is 53.6 Å². The number of aryl methyl sites for hydroxylation is 1. The number of carbonyl (C=O) groups is 1. The van der Waals surface area contributed by atoms with Gasteiger partial charge in [0.05, 0.1) is 5.56 Å². The van der Waals surface area contributed by atoms with Gasteiger partial charge in [0.25, 0.3) is 5.91 Å². The second kappa shape index (κ2) is 6.36. The molecule has 0 N–H and O–H groups in total. The molecule has 1 unspecified atom stereocenters. The average Bonchev–Trinajstić information content (AvgIpc) is 3.04. The van der Waals surface area contributed by atoms with Crippen LogP contribution in [0.4, 0.5) is 5.69 Å². The van der Waals surface area contributed by atoms with Crippen LogP contribution in [0.3, 0.4) is 0 Å². The molecule has 23 heavy (non-hydrogen) atoms. The van der Waals surface area contributed by atoms with Crippen LogP contribution in [0, 0.1) is 6.92 Å². The maximum atomic E-state index is 12.5. The van der Waals surface area contributed by atoms with Crippen molar-refractivity contribution in [3.8, 4) is 0 Å². The van der Waals surface area contributed by atoms with Gasteiger partial charge in [-0.25, -0.2) is 0 Å². The lowest BCUT2D eigenvalue weighted by Crippen LogP contribution is -2.28. The highest BCUT2D eigenvalue weighted by Crippen LogP contribution is 2.29. The van der Waals surface area contributed by atoms with E-state index in [-0.39, 0.29) is 5.91 Å². The Bertz CT molecular complexity index is 699. The van der Waals surface area contributed by atoms with E-state index < -0.39 is 0 Å². The van der Waals surface area contributed by atoms with Crippen LogP contribution in [0.15, 0.2) is 36.7 Å². The Labute approximate surface area is 137 Å². The number of aromatic nitrogens is 2. The van der Waals surface area contributed by atoms with Gasteiger partial charge >= 0.3 is 0 Å². The number of amides is 1. The molecule has 1 amide bonds. The fourth-order valence-electron chi connectivity index (χ4n) is 3.00. The Balaban J connectivity index is 1.76. The quantitative estimate of drug-likeness (QED) is 0.874. The first-order valence-electron chi connectivity index (χ1n) is 7.90. The molecule has 1 atom stereocenters. The van der Waals surface area contributed by atoms with Crippen molar-refractivity contribution in [2.75, 3.05) is 32.1 Å². The van der Waals surface area contributed by atoms with Gasteiger partial charge in [0.1, 0.15) is 0 Å². The molecule has 0 spiro atoms. The monoisotopic (exact) mass is 310 g/mol. The predicted molar refractivity (Wildman–Crippen MR) is 90.8 cm³/mol. The van der Waals surface area contributed by atoms with Crippen LogP contribution >= 0.6 is 0 Å². The molecule has 2 aromatic heterocycles. The highest BCUT2D eigenvalue weighted by atomic mass is 16.2. The Kier molecular flexibility index (Phi) is 4.28.